The van der Waals surface area contributed by atoms with Crippen molar-refractivity contribution in [1.29, 1.82) is 0 Å². The second-order valence-electron chi connectivity index (χ2n) is 7.44. The van der Waals surface area contributed by atoms with Crippen molar-refractivity contribution < 1.29 is 4.79 Å². The molecule has 1 amide bonds. The quantitative estimate of drug-likeness (QED) is 0.735. The number of aromatic nitrogens is 2. The number of amides is 1. The third kappa shape index (κ3) is 4.69. The van der Waals surface area contributed by atoms with E-state index in [0.29, 0.717) is 6.04 Å². The number of likely N-dealkylation sites (N-methyl/N-ethyl adjacent to an activating group) is 1. The highest BCUT2D eigenvalue weighted by atomic mass is 16.2. The molecule has 1 aromatic heterocycles. The van der Waals surface area contributed by atoms with Crippen molar-refractivity contribution in [2.75, 3.05) is 20.1 Å². The van der Waals surface area contributed by atoms with Crippen molar-refractivity contribution >= 4 is 5.91 Å². The molecule has 1 heterocycles. The number of fused-ring (bicyclic) bond motifs is 1. The van der Waals surface area contributed by atoms with Gasteiger partial charge in [0.25, 0.3) is 5.56 Å². The second-order valence-corrected chi connectivity index (χ2v) is 7.44. The largest absolute Gasteiger partial charge is 0.345 e. The summed E-state index contributed by atoms with van der Waals surface area (Å²) < 4.78 is 0. The molecule has 0 saturated heterocycles. The van der Waals surface area contributed by atoms with Crippen molar-refractivity contribution in [1.82, 2.24) is 20.4 Å². The summed E-state index contributed by atoms with van der Waals surface area (Å²) in [5.41, 5.74) is 2.53. The zero-order chi connectivity index (χ0) is 17.6. The summed E-state index contributed by atoms with van der Waals surface area (Å²) in [7, 11) is 1.86. The number of rotatable bonds is 7. The fourth-order valence-corrected chi connectivity index (χ4v) is 4.03. The highest BCUT2D eigenvalue weighted by Gasteiger charge is 2.20. The Hall–Kier alpha value is -1.69. The SMILES string of the molecule is CN(CCCNC1CCCC1)C(=O)Cc1n[nH]c(=O)c2c1CCCC2. The summed E-state index contributed by atoms with van der Waals surface area (Å²) in [5, 5.41) is 10.3. The van der Waals surface area contributed by atoms with Crippen LogP contribution in [0.1, 0.15) is 61.8 Å². The lowest BCUT2D eigenvalue weighted by molar-refractivity contribution is -0.129. The van der Waals surface area contributed by atoms with E-state index in [1.165, 1.54) is 25.7 Å². The lowest BCUT2D eigenvalue weighted by Gasteiger charge is -2.20. The molecule has 6 nitrogen and oxygen atoms in total. The molecule has 2 aliphatic rings. The van der Waals surface area contributed by atoms with Crippen LogP contribution in [0.4, 0.5) is 0 Å². The fraction of sp³-hybridized carbons (Fsp3) is 0.737. The van der Waals surface area contributed by atoms with Crippen LogP contribution in [0.15, 0.2) is 4.79 Å². The van der Waals surface area contributed by atoms with Crippen molar-refractivity contribution in [3.8, 4) is 0 Å². The summed E-state index contributed by atoms with van der Waals surface area (Å²) >= 11 is 0. The van der Waals surface area contributed by atoms with Crippen molar-refractivity contribution in [3.05, 3.63) is 27.2 Å². The van der Waals surface area contributed by atoms with E-state index in [4.69, 9.17) is 0 Å². The topological polar surface area (TPSA) is 78.1 Å². The average Bonchev–Trinajstić information content (AvgIpc) is 3.14. The van der Waals surface area contributed by atoms with Crippen LogP contribution >= 0.6 is 0 Å². The Morgan fingerprint density at radius 1 is 1.20 bits per heavy atom. The van der Waals surface area contributed by atoms with E-state index < -0.39 is 0 Å². The van der Waals surface area contributed by atoms with Gasteiger partial charge in [-0.15, -0.1) is 0 Å². The minimum absolute atomic E-state index is 0.0770. The summed E-state index contributed by atoms with van der Waals surface area (Å²) in [6, 6.07) is 0.679. The summed E-state index contributed by atoms with van der Waals surface area (Å²) in [6.45, 7) is 1.72. The Morgan fingerprint density at radius 2 is 1.92 bits per heavy atom. The Bertz CT molecular complexity index is 649. The molecule has 1 saturated carbocycles. The van der Waals surface area contributed by atoms with Gasteiger partial charge in [-0.25, -0.2) is 5.10 Å². The summed E-state index contributed by atoms with van der Waals surface area (Å²) in [4.78, 5) is 26.2. The van der Waals surface area contributed by atoms with Gasteiger partial charge in [0.05, 0.1) is 12.1 Å². The third-order valence-corrected chi connectivity index (χ3v) is 5.59. The predicted octanol–water partition coefficient (Wildman–Crippen LogP) is 1.57. The van der Waals surface area contributed by atoms with Crippen LogP contribution in [-0.4, -0.2) is 47.2 Å². The van der Waals surface area contributed by atoms with Crippen LogP contribution in [0.2, 0.25) is 0 Å². The monoisotopic (exact) mass is 346 g/mol. The van der Waals surface area contributed by atoms with E-state index in [9.17, 15) is 9.59 Å². The molecule has 2 aliphatic carbocycles. The molecule has 0 spiro atoms. The maximum Gasteiger partial charge on any atom is 0.267 e. The van der Waals surface area contributed by atoms with Crippen molar-refractivity contribution in [2.24, 2.45) is 0 Å². The van der Waals surface area contributed by atoms with Gasteiger partial charge < -0.3 is 10.2 Å². The van der Waals surface area contributed by atoms with Crippen LogP contribution in [0.3, 0.4) is 0 Å². The first-order chi connectivity index (χ1) is 12.1. The minimum atomic E-state index is -0.0859. The van der Waals surface area contributed by atoms with Crippen LogP contribution in [0.5, 0.6) is 0 Å². The molecule has 0 atom stereocenters. The Balaban J connectivity index is 1.49. The molecule has 0 bridgehead atoms. The molecular weight excluding hydrogens is 316 g/mol. The highest BCUT2D eigenvalue weighted by Crippen LogP contribution is 2.20. The van der Waals surface area contributed by atoms with Crippen LogP contribution in [0.25, 0.3) is 0 Å². The molecule has 0 aliphatic heterocycles. The highest BCUT2D eigenvalue weighted by molar-refractivity contribution is 5.78. The van der Waals surface area contributed by atoms with Gasteiger partial charge in [-0.1, -0.05) is 12.8 Å². The maximum atomic E-state index is 12.5. The molecule has 138 valence electrons. The first-order valence-electron chi connectivity index (χ1n) is 9.72. The van der Waals surface area contributed by atoms with Crippen molar-refractivity contribution in [2.45, 2.75) is 70.3 Å². The number of nitrogens with one attached hydrogen (secondary N) is 2. The minimum Gasteiger partial charge on any atom is -0.345 e. The number of carbonyl (C=O) groups is 1. The molecule has 2 N–H and O–H groups in total. The third-order valence-electron chi connectivity index (χ3n) is 5.59. The lowest BCUT2D eigenvalue weighted by atomic mass is 9.91. The number of hydrogen-bond acceptors (Lipinski definition) is 4. The molecule has 0 unspecified atom stereocenters. The average molecular weight is 346 g/mol. The summed E-state index contributed by atoms with van der Waals surface area (Å²) in [5.74, 6) is 0.0770. The Kier molecular flexibility index (Phi) is 6.24. The number of hydrogen-bond donors (Lipinski definition) is 2. The number of H-pyrrole nitrogens is 1. The van der Waals surface area contributed by atoms with Gasteiger partial charge in [-0.05, 0) is 57.1 Å². The second kappa shape index (κ2) is 8.61. The van der Waals surface area contributed by atoms with Crippen LogP contribution in [0, 0.1) is 0 Å². The summed E-state index contributed by atoms with van der Waals surface area (Å²) in [6.07, 6.45) is 10.3. The van der Waals surface area contributed by atoms with Gasteiger partial charge in [-0.2, -0.15) is 5.10 Å². The van der Waals surface area contributed by atoms with E-state index in [0.717, 1.165) is 62.0 Å². The first-order valence-corrected chi connectivity index (χ1v) is 9.72. The molecule has 0 radical (unpaired) electrons. The molecule has 1 fully saturated rings. The van der Waals surface area contributed by atoms with Gasteiger partial charge in [0.15, 0.2) is 0 Å². The Labute approximate surface area is 149 Å². The number of aromatic amines is 1. The molecule has 6 heteroatoms. The van der Waals surface area contributed by atoms with Gasteiger partial charge in [0, 0.05) is 25.2 Å². The van der Waals surface area contributed by atoms with Gasteiger partial charge >= 0.3 is 0 Å². The zero-order valence-electron chi connectivity index (χ0n) is 15.3. The molecular formula is C19H30N4O2. The van der Waals surface area contributed by atoms with E-state index >= 15 is 0 Å². The standard InChI is InChI=1S/C19H30N4O2/c1-23(12-6-11-20-14-7-2-3-8-14)18(24)13-17-15-9-4-5-10-16(15)19(25)22-21-17/h14,20H,2-13H2,1H3,(H,22,25). The first kappa shape index (κ1) is 18.1. The van der Waals surface area contributed by atoms with E-state index in [1.54, 1.807) is 4.90 Å². The molecule has 3 rings (SSSR count). The van der Waals surface area contributed by atoms with Gasteiger partial charge in [0.2, 0.25) is 5.91 Å². The van der Waals surface area contributed by atoms with Crippen LogP contribution in [-0.2, 0) is 24.1 Å². The number of nitrogens with zero attached hydrogens (tertiary/aromatic N) is 2. The zero-order valence-corrected chi connectivity index (χ0v) is 15.3. The van der Waals surface area contributed by atoms with E-state index in [2.05, 4.69) is 15.5 Å². The predicted molar refractivity (Wildman–Crippen MR) is 97.7 cm³/mol. The Morgan fingerprint density at radius 3 is 2.68 bits per heavy atom. The smallest absolute Gasteiger partial charge is 0.267 e. The molecule has 1 aromatic rings. The molecule has 25 heavy (non-hydrogen) atoms. The van der Waals surface area contributed by atoms with E-state index in [1.807, 2.05) is 7.05 Å². The van der Waals surface area contributed by atoms with Gasteiger partial charge in [0.1, 0.15) is 0 Å². The number of carbonyl (C=O) groups excluding carboxylic acids is 1. The van der Waals surface area contributed by atoms with Crippen molar-refractivity contribution in [3.63, 3.8) is 0 Å². The fourth-order valence-electron chi connectivity index (χ4n) is 4.03. The normalized spacial score (nSPS) is 17.5. The maximum absolute atomic E-state index is 12.5. The molecule has 0 aromatic carbocycles. The van der Waals surface area contributed by atoms with Gasteiger partial charge in [-0.3, -0.25) is 9.59 Å². The van der Waals surface area contributed by atoms with E-state index in [-0.39, 0.29) is 17.9 Å². The lowest BCUT2D eigenvalue weighted by Crippen LogP contribution is -2.34. The van der Waals surface area contributed by atoms with Crippen LogP contribution < -0.4 is 10.9 Å².